The first-order chi connectivity index (χ1) is 12.1. The van der Waals surface area contributed by atoms with Crippen LogP contribution in [-0.4, -0.2) is 24.7 Å². The van der Waals surface area contributed by atoms with Crippen LogP contribution in [0.25, 0.3) is 0 Å². The quantitative estimate of drug-likeness (QED) is 0.725. The first-order valence-electron chi connectivity index (χ1n) is 9.92. The first-order valence-corrected chi connectivity index (χ1v) is 9.92. The van der Waals surface area contributed by atoms with Crippen molar-refractivity contribution < 1.29 is 9.53 Å². The summed E-state index contributed by atoms with van der Waals surface area (Å²) in [5, 5.41) is 6.63. The molecule has 3 atom stereocenters. The zero-order valence-corrected chi connectivity index (χ0v) is 15.9. The van der Waals surface area contributed by atoms with Gasteiger partial charge in [0.15, 0.2) is 0 Å². The molecule has 4 nitrogen and oxygen atoms in total. The van der Waals surface area contributed by atoms with Crippen LogP contribution in [0.15, 0.2) is 18.2 Å². The van der Waals surface area contributed by atoms with Gasteiger partial charge in [0.25, 0.3) is 0 Å². The normalized spacial score (nSPS) is 25.3. The highest BCUT2D eigenvalue weighted by Crippen LogP contribution is 2.45. The number of ether oxygens (including phenoxy) is 1. The SMILES string of the molecule is CCCCCC(CC)NC(=O)Oc1ccc2c(c1)[C@]1(C)CCN[C@@H]1C2. The Hall–Kier alpha value is -1.55. The van der Waals surface area contributed by atoms with E-state index in [9.17, 15) is 4.79 Å². The summed E-state index contributed by atoms with van der Waals surface area (Å²) in [5.74, 6) is 0.661. The molecule has 2 aliphatic rings. The van der Waals surface area contributed by atoms with E-state index in [1.165, 1.54) is 24.0 Å². The number of amides is 1. The molecule has 0 spiro atoms. The van der Waals surface area contributed by atoms with Crippen LogP contribution < -0.4 is 15.4 Å². The average molecular weight is 344 g/mol. The number of carbonyl (C=O) groups is 1. The lowest BCUT2D eigenvalue weighted by molar-refractivity contribution is 0.194. The van der Waals surface area contributed by atoms with Crippen molar-refractivity contribution in [3.63, 3.8) is 0 Å². The third-order valence-electron chi connectivity index (χ3n) is 6.11. The van der Waals surface area contributed by atoms with Gasteiger partial charge >= 0.3 is 6.09 Å². The van der Waals surface area contributed by atoms with E-state index < -0.39 is 0 Å². The summed E-state index contributed by atoms with van der Waals surface area (Å²) in [6.45, 7) is 7.71. The van der Waals surface area contributed by atoms with Gasteiger partial charge in [0, 0.05) is 17.5 Å². The van der Waals surface area contributed by atoms with E-state index in [0.29, 0.717) is 11.8 Å². The molecule has 1 fully saturated rings. The molecular weight excluding hydrogens is 312 g/mol. The van der Waals surface area contributed by atoms with Crippen molar-refractivity contribution in [2.45, 2.75) is 83.2 Å². The molecule has 1 saturated heterocycles. The molecule has 1 aliphatic heterocycles. The molecule has 1 unspecified atom stereocenters. The third-order valence-corrected chi connectivity index (χ3v) is 6.11. The van der Waals surface area contributed by atoms with E-state index >= 15 is 0 Å². The lowest BCUT2D eigenvalue weighted by Gasteiger charge is -2.25. The van der Waals surface area contributed by atoms with E-state index in [0.717, 1.165) is 38.6 Å². The van der Waals surface area contributed by atoms with Crippen LogP contribution in [0.3, 0.4) is 0 Å². The van der Waals surface area contributed by atoms with Crippen molar-refractivity contribution in [2.24, 2.45) is 0 Å². The molecule has 0 aromatic heterocycles. The number of unbranched alkanes of at least 4 members (excludes halogenated alkanes) is 2. The van der Waals surface area contributed by atoms with Crippen molar-refractivity contribution in [3.05, 3.63) is 29.3 Å². The zero-order chi connectivity index (χ0) is 17.9. The Morgan fingerprint density at radius 2 is 2.24 bits per heavy atom. The van der Waals surface area contributed by atoms with Gasteiger partial charge in [0.1, 0.15) is 5.75 Å². The van der Waals surface area contributed by atoms with Gasteiger partial charge in [-0.2, -0.15) is 0 Å². The van der Waals surface area contributed by atoms with Gasteiger partial charge in [-0.15, -0.1) is 0 Å². The monoisotopic (exact) mass is 344 g/mol. The van der Waals surface area contributed by atoms with E-state index in [1.807, 2.05) is 6.07 Å². The molecule has 25 heavy (non-hydrogen) atoms. The number of hydrogen-bond donors (Lipinski definition) is 2. The Balaban J connectivity index is 1.61. The molecule has 1 aromatic carbocycles. The van der Waals surface area contributed by atoms with Crippen LogP contribution >= 0.6 is 0 Å². The van der Waals surface area contributed by atoms with Gasteiger partial charge < -0.3 is 15.4 Å². The number of rotatable bonds is 7. The van der Waals surface area contributed by atoms with Crippen molar-refractivity contribution in [1.82, 2.24) is 10.6 Å². The molecule has 1 aromatic rings. The predicted octanol–water partition coefficient (Wildman–Crippen LogP) is 4.31. The molecule has 0 bridgehead atoms. The Morgan fingerprint density at radius 3 is 3.00 bits per heavy atom. The summed E-state index contributed by atoms with van der Waals surface area (Å²) in [6.07, 6.45) is 7.43. The third kappa shape index (κ3) is 3.84. The Kier molecular flexibility index (Phi) is 5.67. The largest absolute Gasteiger partial charge is 0.412 e. The zero-order valence-electron chi connectivity index (χ0n) is 15.9. The maximum absolute atomic E-state index is 12.3. The summed E-state index contributed by atoms with van der Waals surface area (Å²) in [6, 6.07) is 6.87. The van der Waals surface area contributed by atoms with Gasteiger partial charge in [-0.05, 0) is 55.5 Å². The molecular formula is C21H32N2O2. The maximum Gasteiger partial charge on any atom is 0.412 e. The number of benzene rings is 1. The number of nitrogens with one attached hydrogen (secondary N) is 2. The molecule has 4 heteroatoms. The highest BCUT2D eigenvalue weighted by atomic mass is 16.6. The first kappa shape index (κ1) is 18.2. The summed E-state index contributed by atoms with van der Waals surface area (Å²) >= 11 is 0. The van der Waals surface area contributed by atoms with E-state index in [-0.39, 0.29) is 17.6 Å². The summed E-state index contributed by atoms with van der Waals surface area (Å²) in [4.78, 5) is 12.3. The van der Waals surface area contributed by atoms with Gasteiger partial charge in [-0.1, -0.05) is 46.1 Å². The minimum Gasteiger partial charge on any atom is -0.410 e. The Bertz CT molecular complexity index is 616. The second-order valence-electron chi connectivity index (χ2n) is 7.83. The van der Waals surface area contributed by atoms with Crippen molar-refractivity contribution in [1.29, 1.82) is 0 Å². The van der Waals surface area contributed by atoms with Gasteiger partial charge in [-0.3, -0.25) is 0 Å². The molecule has 1 heterocycles. The van der Waals surface area contributed by atoms with Crippen LogP contribution in [-0.2, 0) is 11.8 Å². The van der Waals surface area contributed by atoms with Gasteiger partial charge in [0.05, 0.1) is 0 Å². The summed E-state index contributed by atoms with van der Waals surface area (Å²) in [7, 11) is 0. The highest BCUT2D eigenvalue weighted by molar-refractivity contribution is 5.71. The van der Waals surface area contributed by atoms with Crippen molar-refractivity contribution in [2.75, 3.05) is 6.54 Å². The van der Waals surface area contributed by atoms with Crippen LogP contribution in [0.2, 0.25) is 0 Å². The summed E-state index contributed by atoms with van der Waals surface area (Å²) < 4.78 is 5.60. The second-order valence-corrected chi connectivity index (χ2v) is 7.83. The fraction of sp³-hybridized carbons (Fsp3) is 0.667. The standard InChI is InChI=1S/C21H32N2O2/c1-4-6-7-8-16(5-2)23-20(24)25-17-10-9-15-13-19-21(3,11-12-22-19)18(15)14-17/h9-10,14,16,19,22H,4-8,11-13H2,1-3H3,(H,23,24)/t16?,19-,21+/m1/s1. The molecule has 0 radical (unpaired) electrons. The van der Waals surface area contributed by atoms with Gasteiger partial charge in [0.2, 0.25) is 0 Å². The highest BCUT2D eigenvalue weighted by Gasteiger charge is 2.46. The fourth-order valence-corrected chi connectivity index (χ4v) is 4.40. The van der Waals surface area contributed by atoms with E-state index in [4.69, 9.17) is 4.74 Å². The molecule has 0 saturated carbocycles. The number of carbonyl (C=O) groups excluding carboxylic acids is 1. The molecule has 1 amide bonds. The van der Waals surface area contributed by atoms with Crippen LogP contribution in [0.1, 0.15) is 70.4 Å². The maximum atomic E-state index is 12.3. The lowest BCUT2D eigenvalue weighted by atomic mass is 9.81. The van der Waals surface area contributed by atoms with Crippen LogP contribution in [0.5, 0.6) is 5.75 Å². The van der Waals surface area contributed by atoms with Crippen LogP contribution in [0.4, 0.5) is 4.79 Å². The topological polar surface area (TPSA) is 50.4 Å². The molecule has 1 aliphatic carbocycles. The number of fused-ring (bicyclic) bond motifs is 3. The minimum absolute atomic E-state index is 0.178. The second kappa shape index (κ2) is 7.77. The van der Waals surface area contributed by atoms with E-state index in [1.54, 1.807) is 0 Å². The summed E-state index contributed by atoms with van der Waals surface area (Å²) in [5.41, 5.74) is 2.92. The van der Waals surface area contributed by atoms with Crippen molar-refractivity contribution >= 4 is 6.09 Å². The molecule has 3 rings (SSSR count). The van der Waals surface area contributed by atoms with Crippen LogP contribution in [0, 0.1) is 0 Å². The smallest absolute Gasteiger partial charge is 0.410 e. The van der Waals surface area contributed by atoms with Gasteiger partial charge in [-0.25, -0.2) is 4.79 Å². The molecule has 138 valence electrons. The average Bonchev–Trinajstić information content (AvgIpc) is 3.08. The minimum atomic E-state index is -0.326. The molecule has 2 N–H and O–H groups in total. The Labute approximate surface area is 151 Å². The number of hydrogen-bond acceptors (Lipinski definition) is 3. The fourth-order valence-electron chi connectivity index (χ4n) is 4.40. The lowest BCUT2D eigenvalue weighted by Crippen LogP contribution is -2.36. The van der Waals surface area contributed by atoms with E-state index in [2.05, 4.69) is 43.5 Å². The predicted molar refractivity (Wildman–Crippen MR) is 101 cm³/mol. The van der Waals surface area contributed by atoms with Crippen molar-refractivity contribution in [3.8, 4) is 5.75 Å². The Morgan fingerprint density at radius 1 is 1.40 bits per heavy atom.